The molecule has 3 heteroatoms. The minimum absolute atomic E-state index is 0.319. The van der Waals surface area contributed by atoms with Gasteiger partial charge < -0.3 is 9.73 Å². The number of nitrogens with zero attached hydrogens (tertiary/aromatic N) is 1. The van der Waals surface area contributed by atoms with E-state index in [-0.39, 0.29) is 0 Å². The number of aromatic nitrogens is 1. The van der Waals surface area contributed by atoms with Gasteiger partial charge in [0.1, 0.15) is 5.76 Å². The highest BCUT2D eigenvalue weighted by Crippen LogP contribution is 2.28. The van der Waals surface area contributed by atoms with E-state index in [9.17, 15) is 0 Å². The fourth-order valence-electron chi connectivity index (χ4n) is 1.58. The minimum atomic E-state index is 0.319. The Morgan fingerprint density at radius 2 is 2.12 bits per heavy atom. The Balaban J connectivity index is 2.45. The molecule has 0 aromatic carbocycles. The van der Waals surface area contributed by atoms with Gasteiger partial charge in [0.05, 0.1) is 6.20 Å². The SMILES string of the molecule is CNCCCc1ncc(CC(C)C(C)(C)C)o1. The Morgan fingerprint density at radius 1 is 1.41 bits per heavy atom. The Labute approximate surface area is 105 Å². The van der Waals surface area contributed by atoms with E-state index < -0.39 is 0 Å². The summed E-state index contributed by atoms with van der Waals surface area (Å²) in [4.78, 5) is 4.33. The third-order valence-electron chi connectivity index (χ3n) is 3.40. The van der Waals surface area contributed by atoms with E-state index in [0.29, 0.717) is 11.3 Å². The second-order valence-corrected chi connectivity index (χ2v) is 5.90. The number of hydrogen-bond donors (Lipinski definition) is 1. The van der Waals surface area contributed by atoms with Crippen molar-refractivity contribution in [1.29, 1.82) is 0 Å². The predicted molar refractivity (Wildman–Crippen MR) is 71.1 cm³/mol. The van der Waals surface area contributed by atoms with Crippen LogP contribution >= 0.6 is 0 Å². The van der Waals surface area contributed by atoms with Crippen LogP contribution in [0.3, 0.4) is 0 Å². The lowest BCUT2D eigenvalue weighted by molar-refractivity contribution is 0.246. The molecule has 3 nitrogen and oxygen atoms in total. The van der Waals surface area contributed by atoms with Crippen molar-refractivity contribution in [3.8, 4) is 0 Å². The van der Waals surface area contributed by atoms with Crippen molar-refractivity contribution < 1.29 is 4.42 Å². The van der Waals surface area contributed by atoms with E-state index in [1.54, 1.807) is 0 Å². The number of oxazole rings is 1. The fourth-order valence-corrected chi connectivity index (χ4v) is 1.58. The van der Waals surface area contributed by atoms with Crippen LogP contribution < -0.4 is 5.32 Å². The van der Waals surface area contributed by atoms with Gasteiger partial charge in [-0.3, -0.25) is 0 Å². The van der Waals surface area contributed by atoms with Crippen LogP contribution in [-0.4, -0.2) is 18.6 Å². The lowest BCUT2D eigenvalue weighted by Gasteiger charge is -2.26. The second-order valence-electron chi connectivity index (χ2n) is 5.90. The van der Waals surface area contributed by atoms with Gasteiger partial charge in [0.2, 0.25) is 0 Å². The highest BCUT2D eigenvalue weighted by molar-refractivity contribution is 4.97. The molecule has 1 aromatic rings. The summed E-state index contributed by atoms with van der Waals surface area (Å²) in [6.07, 6.45) is 4.86. The number of nitrogens with one attached hydrogen (secondary N) is 1. The molecule has 1 aromatic heterocycles. The lowest BCUT2D eigenvalue weighted by atomic mass is 9.80. The Bertz CT molecular complexity index is 325. The fraction of sp³-hybridized carbons (Fsp3) is 0.786. The molecule has 1 unspecified atom stereocenters. The molecule has 1 N–H and O–H groups in total. The zero-order chi connectivity index (χ0) is 12.9. The highest BCUT2D eigenvalue weighted by atomic mass is 16.4. The molecule has 1 atom stereocenters. The monoisotopic (exact) mass is 238 g/mol. The molecular weight excluding hydrogens is 212 g/mol. The minimum Gasteiger partial charge on any atom is -0.446 e. The topological polar surface area (TPSA) is 38.1 Å². The standard InChI is InChI=1S/C14H26N2O/c1-11(14(2,3)4)9-12-10-16-13(17-12)7-6-8-15-5/h10-11,15H,6-9H2,1-5H3. The molecule has 0 fully saturated rings. The highest BCUT2D eigenvalue weighted by Gasteiger charge is 2.21. The molecule has 0 bridgehead atoms. The van der Waals surface area contributed by atoms with Crippen LogP contribution in [0.2, 0.25) is 0 Å². The first-order valence-electron chi connectivity index (χ1n) is 6.51. The van der Waals surface area contributed by atoms with Crippen LogP contribution in [0.4, 0.5) is 0 Å². The first-order valence-corrected chi connectivity index (χ1v) is 6.51. The Hall–Kier alpha value is -0.830. The summed E-state index contributed by atoms with van der Waals surface area (Å²) in [5.41, 5.74) is 0.319. The van der Waals surface area contributed by atoms with Crippen molar-refractivity contribution in [3.63, 3.8) is 0 Å². The maximum atomic E-state index is 5.76. The van der Waals surface area contributed by atoms with Crippen molar-refractivity contribution in [2.45, 2.75) is 47.0 Å². The molecule has 0 radical (unpaired) electrons. The molecule has 0 aliphatic carbocycles. The van der Waals surface area contributed by atoms with Crippen molar-refractivity contribution in [2.75, 3.05) is 13.6 Å². The van der Waals surface area contributed by atoms with E-state index in [1.807, 2.05) is 13.2 Å². The summed E-state index contributed by atoms with van der Waals surface area (Å²) in [5, 5.41) is 3.13. The third-order valence-corrected chi connectivity index (χ3v) is 3.40. The van der Waals surface area contributed by atoms with Crippen molar-refractivity contribution in [1.82, 2.24) is 10.3 Å². The summed E-state index contributed by atoms with van der Waals surface area (Å²) < 4.78 is 5.76. The normalized spacial score (nSPS) is 13.9. The maximum absolute atomic E-state index is 5.76. The van der Waals surface area contributed by atoms with Gasteiger partial charge in [-0.05, 0) is 31.3 Å². The van der Waals surface area contributed by atoms with Gasteiger partial charge in [-0.1, -0.05) is 27.7 Å². The molecule has 0 saturated carbocycles. The van der Waals surface area contributed by atoms with Crippen LogP contribution in [0.15, 0.2) is 10.6 Å². The van der Waals surface area contributed by atoms with E-state index in [1.165, 1.54) is 0 Å². The zero-order valence-electron chi connectivity index (χ0n) is 11.8. The van der Waals surface area contributed by atoms with Crippen LogP contribution in [0.5, 0.6) is 0 Å². The summed E-state index contributed by atoms with van der Waals surface area (Å²) in [7, 11) is 1.96. The first-order chi connectivity index (χ1) is 7.93. The molecule has 0 spiro atoms. The second kappa shape index (κ2) is 6.20. The third kappa shape index (κ3) is 4.90. The molecule has 1 heterocycles. The van der Waals surface area contributed by atoms with E-state index in [4.69, 9.17) is 4.42 Å². The maximum Gasteiger partial charge on any atom is 0.194 e. The molecule has 17 heavy (non-hydrogen) atoms. The van der Waals surface area contributed by atoms with Crippen LogP contribution in [0, 0.1) is 11.3 Å². The van der Waals surface area contributed by atoms with Crippen LogP contribution in [0.25, 0.3) is 0 Å². The van der Waals surface area contributed by atoms with E-state index >= 15 is 0 Å². The van der Waals surface area contributed by atoms with Gasteiger partial charge in [0.15, 0.2) is 5.89 Å². The molecule has 98 valence electrons. The van der Waals surface area contributed by atoms with Crippen molar-refractivity contribution in [3.05, 3.63) is 17.8 Å². The summed E-state index contributed by atoms with van der Waals surface area (Å²) in [6.45, 7) is 10.1. The van der Waals surface area contributed by atoms with Gasteiger partial charge in [-0.25, -0.2) is 4.98 Å². The number of hydrogen-bond acceptors (Lipinski definition) is 3. The average Bonchev–Trinajstić information content (AvgIpc) is 2.65. The summed E-state index contributed by atoms with van der Waals surface area (Å²) >= 11 is 0. The smallest absolute Gasteiger partial charge is 0.194 e. The average molecular weight is 238 g/mol. The molecule has 0 aliphatic heterocycles. The van der Waals surface area contributed by atoms with Crippen LogP contribution in [0.1, 0.15) is 45.8 Å². The summed E-state index contributed by atoms with van der Waals surface area (Å²) in [5.74, 6) is 2.49. The largest absolute Gasteiger partial charge is 0.446 e. The molecule has 1 rings (SSSR count). The predicted octanol–water partition coefficient (Wildman–Crippen LogP) is 3.05. The van der Waals surface area contributed by atoms with Crippen LogP contribution in [-0.2, 0) is 12.8 Å². The Morgan fingerprint density at radius 3 is 2.71 bits per heavy atom. The van der Waals surface area contributed by atoms with Crippen molar-refractivity contribution >= 4 is 0 Å². The number of aryl methyl sites for hydroxylation is 1. The van der Waals surface area contributed by atoms with Gasteiger partial charge in [-0.2, -0.15) is 0 Å². The van der Waals surface area contributed by atoms with Crippen molar-refractivity contribution in [2.24, 2.45) is 11.3 Å². The molecule has 0 aliphatic rings. The van der Waals surface area contributed by atoms with E-state index in [0.717, 1.165) is 37.5 Å². The molecular formula is C14H26N2O. The zero-order valence-corrected chi connectivity index (χ0v) is 11.8. The number of rotatable bonds is 6. The molecule has 0 saturated heterocycles. The Kier molecular flexibility index (Phi) is 5.19. The summed E-state index contributed by atoms with van der Waals surface area (Å²) in [6, 6.07) is 0. The quantitative estimate of drug-likeness (QED) is 0.774. The van der Waals surface area contributed by atoms with E-state index in [2.05, 4.69) is 38.0 Å². The van der Waals surface area contributed by atoms with Gasteiger partial charge in [-0.15, -0.1) is 0 Å². The molecule has 0 amide bonds. The van der Waals surface area contributed by atoms with Gasteiger partial charge in [0.25, 0.3) is 0 Å². The first kappa shape index (κ1) is 14.2. The lowest BCUT2D eigenvalue weighted by Crippen LogP contribution is -2.19. The van der Waals surface area contributed by atoms with Gasteiger partial charge in [0, 0.05) is 12.8 Å². The van der Waals surface area contributed by atoms with Gasteiger partial charge >= 0.3 is 0 Å².